The van der Waals surface area contributed by atoms with Crippen molar-refractivity contribution in [2.75, 3.05) is 18.8 Å². The number of hydrogen-bond acceptors (Lipinski definition) is 8. The van der Waals surface area contributed by atoms with Gasteiger partial charge in [0.15, 0.2) is 23.0 Å². The molecule has 0 unspecified atom stereocenters. The Morgan fingerprint density at radius 1 is 1.42 bits per heavy atom. The summed E-state index contributed by atoms with van der Waals surface area (Å²) >= 11 is 0. The molecule has 4 rings (SSSR count). The molecular weight excluding hydrogens is 338 g/mol. The van der Waals surface area contributed by atoms with Crippen LogP contribution in [0.3, 0.4) is 0 Å². The predicted octanol–water partition coefficient (Wildman–Crippen LogP) is 0.543. The number of hydrogen-bond donors (Lipinski definition) is 2. The van der Waals surface area contributed by atoms with E-state index in [0.717, 1.165) is 0 Å². The molecule has 1 fully saturated rings. The number of nitrogens with two attached hydrogens (primary N) is 1. The van der Waals surface area contributed by atoms with Gasteiger partial charge in [-0.2, -0.15) is 0 Å². The lowest BCUT2D eigenvalue weighted by atomic mass is 9.88. The van der Waals surface area contributed by atoms with Gasteiger partial charge in [-0.3, -0.25) is 4.79 Å². The number of piperidine rings is 1. The highest BCUT2D eigenvalue weighted by Gasteiger charge is 2.42. The molecule has 1 amide bonds. The number of aryl methyl sites for hydroxylation is 1. The van der Waals surface area contributed by atoms with Gasteiger partial charge in [0.2, 0.25) is 0 Å². The van der Waals surface area contributed by atoms with E-state index in [2.05, 4.69) is 19.9 Å². The van der Waals surface area contributed by atoms with Gasteiger partial charge in [0.05, 0.1) is 18.9 Å². The number of carbonyl (C=O) groups excluding carboxylic acids is 1. The summed E-state index contributed by atoms with van der Waals surface area (Å²) in [6.45, 7) is 3.99. The van der Waals surface area contributed by atoms with E-state index in [-0.39, 0.29) is 24.2 Å². The Kier molecular flexibility index (Phi) is 3.65. The van der Waals surface area contributed by atoms with E-state index in [1.165, 1.54) is 12.6 Å². The van der Waals surface area contributed by atoms with E-state index in [4.69, 9.17) is 10.2 Å². The molecule has 10 nitrogen and oxygen atoms in total. The number of carbonyl (C=O) groups is 1. The molecule has 0 aliphatic carbocycles. The third-order valence-electron chi connectivity index (χ3n) is 4.75. The molecule has 136 valence electrons. The van der Waals surface area contributed by atoms with E-state index in [0.29, 0.717) is 35.8 Å². The quantitative estimate of drug-likeness (QED) is 0.678. The molecule has 0 radical (unpaired) electrons. The van der Waals surface area contributed by atoms with Crippen LogP contribution in [0.2, 0.25) is 0 Å². The van der Waals surface area contributed by atoms with Gasteiger partial charge in [-0.25, -0.2) is 19.9 Å². The number of imidazole rings is 1. The average molecular weight is 357 g/mol. The number of anilines is 1. The molecule has 3 aromatic heterocycles. The molecule has 0 saturated carbocycles. The summed E-state index contributed by atoms with van der Waals surface area (Å²) in [6, 6.07) is -0.301. The maximum atomic E-state index is 12.6. The van der Waals surface area contributed by atoms with Gasteiger partial charge in [-0.1, -0.05) is 0 Å². The van der Waals surface area contributed by atoms with Crippen LogP contribution in [0.15, 0.2) is 23.3 Å². The van der Waals surface area contributed by atoms with Crippen molar-refractivity contribution in [1.82, 2.24) is 29.4 Å². The van der Waals surface area contributed by atoms with Gasteiger partial charge < -0.3 is 24.7 Å². The number of oxazole rings is 1. The molecule has 1 aliphatic heterocycles. The molecule has 4 heterocycles. The lowest BCUT2D eigenvalue weighted by molar-refractivity contribution is -0.0480. The van der Waals surface area contributed by atoms with Crippen molar-refractivity contribution in [2.45, 2.75) is 31.9 Å². The zero-order valence-electron chi connectivity index (χ0n) is 14.5. The first-order valence-corrected chi connectivity index (χ1v) is 8.23. The van der Waals surface area contributed by atoms with E-state index in [1.54, 1.807) is 29.6 Å². The zero-order chi connectivity index (χ0) is 18.5. The van der Waals surface area contributed by atoms with Crippen LogP contribution in [0.4, 0.5) is 5.82 Å². The Morgan fingerprint density at radius 3 is 2.92 bits per heavy atom. The van der Waals surface area contributed by atoms with Crippen molar-refractivity contribution in [1.29, 1.82) is 0 Å². The third-order valence-corrected chi connectivity index (χ3v) is 4.75. The molecule has 2 atom stereocenters. The largest absolute Gasteiger partial charge is 0.448 e. The molecule has 0 aromatic carbocycles. The van der Waals surface area contributed by atoms with Crippen molar-refractivity contribution in [2.24, 2.45) is 0 Å². The van der Waals surface area contributed by atoms with Crippen LogP contribution in [-0.4, -0.2) is 59.1 Å². The first-order chi connectivity index (χ1) is 12.4. The topological polar surface area (TPSA) is 136 Å². The van der Waals surface area contributed by atoms with E-state index >= 15 is 0 Å². The fourth-order valence-corrected chi connectivity index (χ4v) is 3.49. The number of nitrogen functional groups attached to an aromatic ring is 1. The van der Waals surface area contributed by atoms with Crippen LogP contribution >= 0.6 is 0 Å². The maximum absolute atomic E-state index is 12.6. The summed E-state index contributed by atoms with van der Waals surface area (Å²) in [6.07, 6.45) is 4.84. The number of aliphatic hydroxyl groups is 1. The summed E-state index contributed by atoms with van der Waals surface area (Å²) in [5.74, 6) is 0.460. The molecular formula is C16H19N7O3. The van der Waals surface area contributed by atoms with Crippen molar-refractivity contribution < 1.29 is 14.3 Å². The van der Waals surface area contributed by atoms with Crippen molar-refractivity contribution >= 4 is 22.9 Å². The lowest BCUT2D eigenvalue weighted by Crippen LogP contribution is -2.54. The van der Waals surface area contributed by atoms with Crippen LogP contribution in [0.1, 0.15) is 35.8 Å². The second-order valence-corrected chi connectivity index (χ2v) is 6.72. The Labute approximate surface area is 148 Å². The molecule has 3 aromatic rings. The summed E-state index contributed by atoms with van der Waals surface area (Å²) in [4.78, 5) is 30.7. The second-order valence-electron chi connectivity index (χ2n) is 6.72. The SMILES string of the molecule is Cc1nc(C(=O)N2CC[C@@H](n3cnc4c(N)ncnc43)[C@](C)(O)C2)co1. The average Bonchev–Trinajstić information content (AvgIpc) is 3.21. The number of aromatic nitrogens is 5. The highest BCUT2D eigenvalue weighted by molar-refractivity contribution is 5.92. The van der Waals surface area contributed by atoms with E-state index in [1.807, 2.05) is 0 Å². The Morgan fingerprint density at radius 2 is 2.23 bits per heavy atom. The summed E-state index contributed by atoms with van der Waals surface area (Å²) in [5.41, 5.74) is 5.96. The molecule has 10 heteroatoms. The highest BCUT2D eigenvalue weighted by atomic mass is 16.3. The highest BCUT2D eigenvalue weighted by Crippen LogP contribution is 2.34. The van der Waals surface area contributed by atoms with Crippen LogP contribution in [0.25, 0.3) is 11.2 Å². The summed E-state index contributed by atoms with van der Waals surface area (Å²) in [7, 11) is 0. The van der Waals surface area contributed by atoms with E-state index in [9.17, 15) is 9.90 Å². The second kappa shape index (κ2) is 5.77. The fraction of sp³-hybridized carbons (Fsp3) is 0.438. The Hall–Kier alpha value is -3.01. The number of nitrogens with zero attached hydrogens (tertiary/aromatic N) is 6. The molecule has 1 aliphatic rings. The number of fused-ring (bicyclic) bond motifs is 1. The number of amides is 1. The van der Waals surface area contributed by atoms with Crippen molar-refractivity contribution in [3.05, 3.63) is 30.5 Å². The minimum atomic E-state index is -1.18. The van der Waals surface area contributed by atoms with Gasteiger partial charge >= 0.3 is 0 Å². The first-order valence-electron chi connectivity index (χ1n) is 8.23. The normalized spacial score (nSPS) is 23.5. The fourth-order valence-electron chi connectivity index (χ4n) is 3.49. The maximum Gasteiger partial charge on any atom is 0.275 e. The van der Waals surface area contributed by atoms with Gasteiger partial charge in [0.25, 0.3) is 5.91 Å². The van der Waals surface area contributed by atoms with Crippen molar-refractivity contribution in [3.63, 3.8) is 0 Å². The zero-order valence-corrected chi connectivity index (χ0v) is 14.5. The summed E-state index contributed by atoms with van der Waals surface area (Å²) in [5, 5.41) is 11.0. The molecule has 1 saturated heterocycles. The first kappa shape index (κ1) is 16.5. The monoisotopic (exact) mass is 357 g/mol. The minimum absolute atomic E-state index is 0.155. The standard InChI is InChI=1S/C16H19N7O3/c1-9-21-10(5-26-9)15(24)22-4-3-11(16(2,25)6-22)23-8-20-12-13(17)18-7-19-14(12)23/h5,7-8,11,25H,3-4,6H2,1-2H3,(H2,17,18,19)/t11-,16-/m1/s1. The van der Waals surface area contributed by atoms with Crippen LogP contribution in [0, 0.1) is 6.92 Å². The van der Waals surface area contributed by atoms with Gasteiger partial charge in [-0.05, 0) is 13.3 Å². The number of likely N-dealkylation sites (tertiary alicyclic amines) is 1. The Balaban J connectivity index is 1.61. The third kappa shape index (κ3) is 2.58. The van der Waals surface area contributed by atoms with Gasteiger partial charge in [0, 0.05) is 13.5 Å². The van der Waals surface area contributed by atoms with Crippen LogP contribution < -0.4 is 5.73 Å². The molecule has 26 heavy (non-hydrogen) atoms. The van der Waals surface area contributed by atoms with Crippen LogP contribution in [0.5, 0.6) is 0 Å². The van der Waals surface area contributed by atoms with Crippen molar-refractivity contribution in [3.8, 4) is 0 Å². The van der Waals surface area contributed by atoms with Gasteiger partial charge in [0.1, 0.15) is 23.7 Å². The lowest BCUT2D eigenvalue weighted by Gasteiger charge is -2.43. The van der Waals surface area contributed by atoms with Crippen LogP contribution in [-0.2, 0) is 0 Å². The van der Waals surface area contributed by atoms with E-state index < -0.39 is 5.60 Å². The Bertz CT molecular complexity index is 977. The van der Waals surface area contributed by atoms with Gasteiger partial charge in [-0.15, -0.1) is 0 Å². The summed E-state index contributed by atoms with van der Waals surface area (Å²) < 4.78 is 6.91. The molecule has 0 bridgehead atoms. The minimum Gasteiger partial charge on any atom is -0.448 e. The number of rotatable bonds is 2. The number of β-amino-alcohol motifs (C(OH)–C–C–N with tert-alkyl or cyclic N) is 1. The predicted molar refractivity (Wildman–Crippen MR) is 91.2 cm³/mol. The molecule has 3 N–H and O–H groups in total. The smallest absolute Gasteiger partial charge is 0.275 e. The molecule has 0 spiro atoms.